The second-order valence-corrected chi connectivity index (χ2v) is 4.13. The number of rotatable bonds is 4. The second kappa shape index (κ2) is 5.36. The molecule has 0 aliphatic heterocycles. The molecule has 20 heavy (non-hydrogen) atoms. The molecule has 2 rings (SSSR count). The van der Waals surface area contributed by atoms with Crippen molar-refractivity contribution in [3.05, 3.63) is 59.7 Å². The van der Waals surface area contributed by atoms with Crippen molar-refractivity contribution in [3.63, 3.8) is 0 Å². The van der Waals surface area contributed by atoms with Gasteiger partial charge >= 0.3 is 11.9 Å². The van der Waals surface area contributed by atoms with Gasteiger partial charge in [-0.05, 0) is 24.3 Å². The van der Waals surface area contributed by atoms with E-state index in [1.165, 1.54) is 24.3 Å². The van der Waals surface area contributed by atoms with Gasteiger partial charge in [0.05, 0.1) is 11.1 Å². The van der Waals surface area contributed by atoms with Crippen LogP contribution >= 0.6 is 0 Å². The largest absolute Gasteiger partial charge is 0.478 e. The fourth-order valence-electron chi connectivity index (χ4n) is 1.72. The summed E-state index contributed by atoms with van der Waals surface area (Å²) < 4.78 is 1.59. The Morgan fingerprint density at radius 2 is 1.05 bits per heavy atom. The van der Waals surface area contributed by atoms with E-state index in [0.29, 0.717) is 11.4 Å². The van der Waals surface area contributed by atoms with Crippen LogP contribution in [0.5, 0.6) is 0 Å². The molecular formula is C15H12NO4+. The molecule has 0 bridgehead atoms. The van der Waals surface area contributed by atoms with Crippen molar-refractivity contribution in [3.8, 4) is 0 Å². The predicted molar refractivity (Wildman–Crippen MR) is 75.4 cm³/mol. The van der Waals surface area contributed by atoms with Crippen molar-refractivity contribution in [1.29, 1.82) is 0 Å². The molecule has 0 aromatic heterocycles. The van der Waals surface area contributed by atoms with Gasteiger partial charge in [-0.2, -0.15) is 4.58 Å². The Hall–Kier alpha value is -2.95. The topological polar surface area (TPSA) is 77.6 Å². The maximum absolute atomic E-state index is 10.8. The Morgan fingerprint density at radius 3 is 1.30 bits per heavy atom. The maximum Gasteiger partial charge on any atom is 0.335 e. The molecule has 2 N–H and O–H groups in total. The van der Waals surface area contributed by atoms with Crippen LogP contribution in [-0.4, -0.2) is 28.9 Å². The molecule has 0 saturated heterocycles. The third kappa shape index (κ3) is 2.72. The van der Waals surface area contributed by atoms with E-state index in [9.17, 15) is 9.59 Å². The highest BCUT2D eigenvalue weighted by Gasteiger charge is 2.12. The molecular weight excluding hydrogens is 258 g/mol. The summed E-state index contributed by atoms with van der Waals surface area (Å²) >= 11 is 0. The average molecular weight is 270 g/mol. The van der Waals surface area contributed by atoms with E-state index in [2.05, 4.69) is 6.72 Å². The summed E-state index contributed by atoms with van der Waals surface area (Å²) in [5.41, 5.74) is 1.81. The lowest BCUT2D eigenvalue weighted by Gasteiger charge is -2.01. The highest BCUT2D eigenvalue weighted by Crippen LogP contribution is 2.20. The lowest BCUT2D eigenvalue weighted by Crippen LogP contribution is -2.02. The molecule has 0 fully saturated rings. The van der Waals surface area contributed by atoms with Crippen LogP contribution < -0.4 is 4.58 Å². The first-order chi connectivity index (χ1) is 9.49. The van der Waals surface area contributed by atoms with Crippen molar-refractivity contribution in [2.24, 2.45) is 0 Å². The van der Waals surface area contributed by atoms with Crippen molar-refractivity contribution in [1.82, 2.24) is 4.58 Å². The van der Waals surface area contributed by atoms with Crippen LogP contribution in [0.15, 0.2) is 48.5 Å². The smallest absolute Gasteiger partial charge is 0.335 e. The van der Waals surface area contributed by atoms with Crippen LogP contribution in [0.3, 0.4) is 0 Å². The molecule has 0 amide bonds. The molecule has 0 atom stereocenters. The number of hydrogen-bond acceptors (Lipinski definition) is 2. The zero-order valence-electron chi connectivity index (χ0n) is 10.5. The summed E-state index contributed by atoms with van der Waals surface area (Å²) in [7, 11) is 0. The van der Waals surface area contributed by atoms with Gasteiger partial charge in [0.1, 0.15) is 6.72 Å². The molecule has 0 radical (unpaired) electrons. The second-order valence-electron chi connectivity index (χ2n) is 4.13. The van der Waals surface area contributed by atoms with Gasteiger partial charge in [0.15, 0.2) is 0 Å². The number of benzene rings is 2. The summed E-state index contributed by atoms with van der Waals surface area (Å²) in [5, 5.41) is 17.7. The zero-order chi connectivity index (χ0) is 14.7. The van der Waals surface area contributed by atoms with Crippen LogP contribution in [-0.2, 0) is 0 Å². The Morgan fingerprint density at radius 1 is 0.750 bits per heavy atom. The van der Waals surface area contributed by atoms with E-state index in [-0.39, 0.29) is 11.1 Å². The fraction of sp³-hybridized carbons (Fsp3) is 0. The average Bonchev–Trinajstić information content (AvgIpc) is 2.46. The van der Waals surface area contributed by atoms with E-state index in [1.54, 1.807) is 28.8 Å². The SMILES string of the molecule is C=[N+](c1ccc(C(=O)O)cc1)c1ccc(C(=O)O)cc1. The Labute approximate surface area is 115 Å². The van der Waals surface area contributed by atoms with Gasteiger partial charge in [-0.1, -0.05) is 0 Å². The number of carboxylic acid groups (broad SMARTS) is 2. The molecule has 5 heteroatoms. The van der Waals surface area contributed by atoms with Gasteiger partial charge in [0.2, 0.25) is 11.4 Å². The standard InChI is InChI=1S/C15H11NO4/c1-16(12-6-2-10(3-7-12)14(17)18)13-8-4-11(5-9-13)15(19)20/h2-9H,1H2,(H-,17,18,19,20)/p+1. The van der Waals surface area contributed by atoms with E-state index < -0.39 is 11.9 Å². The van der Waals surface area contributed by atoms with E-state index in [4.69, 9.17) is 10.2 Å². The highest BCUT2D eigenvalue weighted by atomic mass is 16.4. The Bertz CT molecular complexity index is 613. The predicted octanol–water partition coefficient (Wildman–Crippen LogP) is 2.62. The number of hydrogen-bond donors (Lipinski definition) is 2. The van der Waals surface area contributed by atoms with Crippen molar-refractivity contribution in [2.75, 3.05) is 0 Å². The van der Waals surface area contributed by atoms with Crippen molar-refractivity contribution in [2.45, 2.75) is 0 Å². The molecule has 2 aromatic rings. The van der Waals surface area contributed by atoms with Crippen molar-refractivity contribution >= 4 is 30.0 Å². The van der Waals surface area contributed by atoms with E-state index in [0.717, 1.165) is 0 Å². The van der Waals surface area contributed by atoms with E-state index >= 15 is 0 Å². The van der Waals surface area contributed by atoms with Crippen LogP contribution in [0.4, 0.5) is 11.4 Å². The highest BCUT2D eigenvalue weighted by molar-refractivity contribution is 5.88. The quantitative estimate of drug-likeness (QED) is 0.661. The normalized spacial score (nSPS) is 10.0. The monoisotopic (exact) mass is 270 g/mol. The minimum absolute atomic E-state index is 0.198. The van der Waals surface area contributed by atoms with Gasteiger partial charge in [-0.25, -0.2) is 9.59 Å². The van der Waals surface area contributed by atoms with Gasteiger partial charge in [-0.15, -0.1) is 0 Å². The lowest BCUT2D eigenvalue weighted by atomic mass is 10.1. The fourth-order valence-corrected chi connectivity index (χ4v) is 1.72. The molecule has 0 unspecified atom stereocenters. The van der Waals surface area contributed by atoms with Gasteiger partial charge < -0.3 is 10.2 Å². The lowest BCUT2D eigenvalue weighted by molar-refractivity contribution is 0.0686. The molecule has 5 nitrogen and oxygen atoms in total. The third-order valence-electron chi connectivity index (χ3n) is 2.85. The van der Waals surface area contributed by atoms with Crippen molar-refractivity contribution < 1.29 is 19.8 Å². The minimum Gasteiger partial charge on any atom is -0.478 e. The number of carbonyl (C=O) groups is 2. The van der Waals surface area contributed by atoms with Crippen LogP contribution in [0.25, 0.3) is 0 Å². The first-order valence-electron chi connectivity index (χ1n) is 5.76. The third-order valence-corrected chi connectivity index (χ3v) is 2.85. The van der Waals surface area contributed by atoms with Gasteiger partial charge in [-0.3, -0.25) is 0 Å². The van der Waals surface area contributed by atoms with Crippen LogP contribution in [0, 0.1) is 0 Å². The molecule has 100 valence electrons. The van der Waals surface area contributed by atoms with Gasteiger partial charge in [0, 0.05) is 24.3 Å². The first kappa shape index (κ1) is 13.5. The summed E-state index contributed by atoms with van der Waals surface area (Å²) in [6, 6.07) is 12.5. The molecule has 0 spiro atoms. The Kier molecular flexibility index (Phi) is 3.61. The molecule has 0 aliphatic carbocycles. The number of carboxylic acids is 2. The maximum atomic E-state index is 10.8. The molecule has 0 saturated carbocycles. The minimum atomic E-state index is -0.988. The molecule has 0 aliphatic rings. The summed E-state index contributed by atoms with van der Waals surface area (Å²) in [5.74, 6) is -1.98. The summed E-state index contributed by atoms with van der Waals surface area (Å²) in [6.45, 7) is 3.87. The molecule has 2 aromatic carbocycles. The van der Waals surface area contributed by atoms with Crippen LogP contribution in [0.1, 0.15) is 20.7 Å². The van der Waals surface area contributed by atoms with Crippen LogP contribution in [0.2, 0.25) is 0 Å². The Balaban J connectivity index is 2.26. The van der Waals surface area contributed by atoms with Gasteiger partial charge in [0.25, 0.3) is 0 Å². The number of aromatic carboxylic acids is 2. The summed E-state index contributed by atoms with van der Waals surface area (Å²) in [4.78, 5) is 21.5. The summed E-state index contributed by atoms with van der Waals surface area (Å²) in [6.07, 6.45) is 0. The van der Waals surface area contributed by atoms with E-state index in [1.807, 2.05) is 0 Å². The number of nitrogens with zero attached hydrogens (tertiary/aromatic N) is 1. The first-order valence-corrected chi connectivity index (χ1v) is 5.76. The zero-order valence-corrected chi connectivity index (χ0v) is 10.5. The molecule has 0 heterocycles.